The van der Waals surface area contributed by atoms with E-state index in [0.29, 0.717) is 0 Å². The van der Waals surface area contributed by atoms with E-state index >= 15 is 0 Å². The third-order valence-electron chi connectivity index (χ3n) is 6.35. The quantitative estimate of drug-likeness (QED) is 0.388. The van der Waals surface area contributed by atoms with Gasteiger partial charge >= 0.3 is 176 Å². The molecule has 0 aromatic heterocycles. The summed E-state index contributed by atoms with van der Waals surface area (Å²) >= 11 is 0. The monoisotopic (exact) mass is 416 g/mol. The first-order chi connectivity index (χ1) is 14.1. The van der Waals surface area contributed by atoms with Gasteiger partial charge in [-0.25, -0.2) is 0 Å². The van der Waals surface area contributed by atoms with E-state index < -0.39 is 14.5 Å². The Bertz CT molecular complexity index is 863. The second kappa shape index (κ2) is 8.62. The standard InChI is InChI=1S/C27H30P2/c1-28(24-15-7-3-8-16-24,25-17-9-4-10-18-25)23-29(2,26-19-11-5-12-20-26)27-21-13-6-14-22-27/h3-22,28-29H,23H2,1-2H3. The molecule has 0 nitrogen and oxygen atoms in total. The van der Waals surface area contributed by atoms with E-state index in [2.05, 4.69) is 135 Å². The van der Waals surface area contributed by atoms with Gasteiger partial charge in [0.2, 0.25) is 0 Å². The molecule has 4 rings (SSSR count). The van der Waals surface area contributed by atoms with Crippen LogP contribution in [0.3, 0.4) is 0 Å². The van der Waals surface area contributed by atoms with Gasteiger partial charge in [0.25, 0.3) is 0 Å². The molecule has 4 aromatic carbocycles. The summed E-state index contributed by atoms with van der Waals surface area (Å²) in [6.07, 6.45) is 0. The third kappa shape index (κ3) is 4.06. The number of hydrogen-bond donors (Lipinski definition) is 0. The van der Waals surface area contributed by atoms with Gasteiger partial charge in [-0.2, -0.15) is 0 Å². The first-order valence-electron chi connectivity index (χ1n) is 10.3. The van der Waals surface area contributed by atoms with Crippen LogP contribution in [0.5, 0.6) is 0 Å². The maximum atomic E-state index is 2.56. The van der Waals surface area contributed by atoms with Gasteiger partial charge in [-0.1, -0.05) is 0 Å². The fourth-order valence-corrected chi connectivity index (χ4v) is 18.0. The summed E-state index contributed by atoms with van der Waals surface area (Å²) < 4.78 is 0. The minimum atomic E-state index is -1.94. The molecule has 0 fully saturated rings. The van der Waals surface area contributed by atoms with E-state index in [0.717, 1.165) is 0 Å². The van der Waals surface area contributed by atoms with E-state index in [1.165, 1.54) is 27.1 Å². The van der Waals surface area contributed by atoms with Crippen molar-refractivity contribution in [2.45, 2.75) is 0 Å². The molecule has 0 saturated heterocycles. The van der Waals surface area contributed by atoms with E-state index in [-0.39, 0.29) is 0 Å². The first-order valence-corrected chi connectivity index (χ1v) is 15.8. The van der Waals surface area contributed by atoms with E-state index in [4.69, 9.17) is 0 Å². The summed E-state index contributed by atoms with van der Waals surface area (Å²) in [4.78, 5) is 0. The van der Waals surface area contributed by atoms with Gasteiger partial charge in [0.05, 0.1) is 0 Å². The Kier molecular flexibility index (Phi) is 5.96. The third-order valence-corrected chi connectivity index (χ3v) is 18.4. The minimum absolute atomic E-state index is 1.25. The summed E-state index contributed by atoms with van der Waals surface area (Å²) in [7, 11) is -3.88. The zero-order chi connectivity index (χ0) is 20.2. The van der Waals surface area contributed by atoms with Crippen LogP contribution in [0.25, 0.3) is 0 Å². The zero-order valence-electron chi connectivity index (χ0n) is 17.3. The van der Waals surface area contributed by atoms with E-state index in [1.807, 2.05) is 0 Å². The molecule has 2 heteroatoms. The van der Waals surface area contributed by atoms with Crippen molar-refractivity contribution in [2.24, 2.45) is 0 Å². The fourth-order valence-electron chi connectivity index (χ4n) is 4.67. The summed E-state index contributed by atoms with van der Waals surface area (Å²) in [6, 6.07) is 45.0. The first kappa shape index (κ1) is 20.0. The molecular formula is C27H30P2. The summed E-state index contributed by atoms with van der Waals surface area (Å²) in [5.41, 5.74) is 0. The topological polar surface area (TPSA) is 0 Å². The molecule has 0 saturated carbocycles. The zero-order valence-corrected chi connectivity index (χ0v) is 19.3. The van der Waals surface area contributed by atoms with E-state index in [9.17, 15) is 0 Å². The molecule has 0 heterocycles. The van der Waals surface area contributed by atoms with Crippen LogP contribution >= 0.6 is 14.5 Å². The molecule has 148 valence electrons. The van der Waals surface area contributed by atoms with Gasteiger partial charge < -0.3 is 0 Å². The molecule has 29 heavy (non-hydrogen) atoms. The Morgan fingerprint density at radius 3 is 0.793 bits per heavy atom. The van der Waals surface area contributed by atoms with Crippen LogP contribution in [-0.2, 0) is 0 Å². The fraction of sp³-hybridized carbons (Fsp3) is 0.111. The Morgan fingerprint density at radius 2 is 0.586 bits per heavy atom. The SMILES string of the molecule is C[PH](C[PH](C)(c1ccccc1)c1ccccc1)(c1ccccc1)c1ccccc1. The number of hydrogen-bond acceptors (Lipinski definition) is 0. The Hall–Kier alpha value is -2.26. The van der Waals surface area contributed by atoms with Gasteiger partial charge in [0.1, 0.15) is 0 Å². The molecule has 0 aliphatic rings. The molecule has 0 radical (unpaired) electrons. The number of rotatable bonds is 6. The van der Waals surface area contributed by atoms with Gasteiger partial charge in [-0.05, 0) is 0 Å². The van der Waals surface area contributed by atoms with Crippen molar-refractivity contribution < 1.29 is 0 Å². The van der Waals surface area contributed by atoms with Crippen LogP contribution in [0.1, 0.15) is 0 Å². The predicted octanol–water partition coefficient (Wildman–Crippen LogP) is 5.01. The second-order valence-electron chi connectivity index (χ2n) is 8.31. The van der Waals surface area contributed by atoms with Crippen LogP contribution in [0.4, 0.5) is 0 Å². The van der Waals surface area contributed by atoms with E-state index in [1.54, 1.807) is 0 Å². The van der Waals surface area contributed by atoms with Crippen LogP contribution < -0.4 is 21.2 Å². The molecule has 0 amide bonds. The van der Waals surface area contributed by atoms with Crippen molar-refractivity contribution in [1.82, 2.24) is 0 Å². The van der Waals surface area contributed by atoms with Crippen LogP contribution in [0.2, 0.25) is 0 Å². The molecule has 0 unspecified atom stereocenters. The summed E-state index contributed by atoms with van der Waals surface area (Å²) in [6.45, 7) is 5.13. The Labute approximate surface area is 176 Å². The normalized spacial score (nSPS) is 13.0. The van der Waals surface area contributed by atoms with Crippen LogP contribution in [0, 0.1) is 0 Å². The summed E-state index contributed by atoms with van der Waals surface area (Å²) in [5, 5.41) is 6.10. The van der Waals surface area contributed by atoms with Crippen molar-refractivity contribution in [1.29, 1.82) is 0 Å². The van der Waals surface area contributed by atoms with Crippen LogP contribution in [0.15, 0.2) is 121 Å². The van der Waals surface area contributed by atoms with Gasteiger partial charge in [0.15, 0.2) is 0 Å². The maximum absolute atomic E-state index is 2.56. The van der Waals surface area contributed by atoms with Crippen molar-refractivity contribution in [3.63, 3.8) is 0 Å². The summed E-state index contributed by atoms with van der Waals surface area (Å²) in [5.74, 6) is 1.25. The van der Waals surface area contributed by atoms with Crippen molar-refractivity contribution >= 4 is 35.7 Å². The molecule has 0 N–H and O–H groups in total. The van der Waals surface area contributed by atoms with Gasteiger partial charge in [-0.3, -0.25) is 0 Å². The average Bonchev–Trinajstić information content (AvgIpc) is 2.81. The van der Waals surface area contributed by atoms with Gasteiger partial charge in [0, 0.05) is 0 Å². The average molecular weight is 416 g/mol. The molecule has 0 spiro atoms. The Morgan fingerprint density at radius 1 is 0.379 bits per heavy atom. The molecule has 0 atom stereocenters. The molecule has 0 bridgehead atoms. The van der Waals surface area contributed by atoms with Crippen molar-refractivity contribution in [3.05, 3.63) is 121 Å². The Balaban J connectivity index is 1.91. The van der Waals surface area contributed by atoms with Crippen molar-refractivity contribution in [3.8, 4) is 0 Å². The molecule has 0 aliphatic heterocycles. The van der Waals surface area contributed by atoms with Crippen molar-refractivity contribution in [2.75, 3.05) is 19.2 Å². The molecular weight excluding hydrogens is 386 g/mol. The predicted molar refractivity (Wildman–Crippen MR) is 138 cm³/mol. The number of benzene rings is 4. The molecule has 0 aliphatic carbocycles. The molecule has 4 aromatic rings. The van der Waals surface area contributed by atoms with Crippen LogP contribution in [-0.4, -0.2) is 19.2 Å². The van der Waals surface area contributed by atoms with Gasteiger partial charge in [-0.15, -0.1) is 0 Å². The second-order valence-corrected chi connectivity index (χ2v) is 17.4.